The molecule has 86 valence electrons. The van der Waals surface area contributed by atoms with Gasteiger partial charge in [0.25, 0.3) is 0 Å². The Labute approximate surface area is 102 Å². The van der Waals surface area contributed by atoms with Crippen LogP contribution in [0.1, 0.15) is 23.7 Å². The van der Waals surface area contributed by atoms with Gasteiger partial charge in [-0.05, 0) is 44.0 Å². The Kier molecular flexibility index (Phi) is 2.40. The van der Waals surface area contributed by atoms with Gasteiger partial charge in [-0.25, -0.2) is 0 Å². The average Bonchev–Trinajstić information content (AvgIpc) is 2.51. The van der Waals surface area contributed by atoms with Gasteiger partial charge in [0, 0.05) is 23.1 Å². The largest absolute Gasteiger partial charge is 0.341 e. The highest BCUT2D eigenvalue weighted by molar-refractivity contribution is 5.89. The van der Waals surface area contributed by atoms with Crippen molar-refractivity contribution in [3.63, 3.8) is 0 Å². The van der Waals surface area contributed by atoms with Gasteiger partial charge in [0.1, 0.15) is 0 Å². The average molecular weight is 223 g/mol. The van der Waals surface area contributed by atoms with Gasteiger partial charge in [-0.15, -0.1) is 0 Å². The minimum Gasteiger partial charge on any atom is -0.341 e. The molecule has 17 heavy (non-hydrogen) atoms. The second-order valence-corrected chi connectivity index (χ2v) is 4.62. The molecule has 3 rings (SSSR count). The number of fused-ring (bicyclic) bond motifs is 3. The van der Waals surface area contributed by atoms with E-state index in [1.807, 2.05) is 0 Å². The highest BCUT2D eigenvalue weighted by Gasteiger charge is 2.14. The Balaban J connectivity index is 2.41. The SMILES string of the molecule is CCn1c2c(c3cc(C)ccc31)CC=CC=C2. The zero-order valence-corrected chi connectivity index (χ0v) is 10.4. The minimum atomic E-state index is 1.03. The summed E-state index contributed by atoms with van der Waals surface area (Å²) in [5.74, 6) is 0. The van der Waals surface area contributed by atoms with Crippen LogP contribution in [0.15, 0.2) is 36.4 Å². The van der Waals surface area contributed by atoms with E-state index in [9.17, 15) is 0 Å². The van der Waals surface area contributed by atoms with Crippen molar-refractivity contribution in [2.45, 2.75) is 26.8 Å². The summed E-state index contributed by atoms with van der Waals surface area (Å²) in [6, 6.07) is 6.76. The summed E-state index contributed by atoms with van der Waals surface area (Å²) in [5, 5.41) is 1.41. The van der Waals surface area contributed by atoms with Crippen molar-refractivity contribution < 1.29 is 0 Å². The molecule has 0 unspecified atom stereocenters. The van der Waals surface area contributed by atoms with Gasteiger partial charge in [0.2, 0.25) is 0 Å². The normalized spacial score (nSPS) is 14.0. The monoisotopic (exact) mass is 223 g/mol. The maximum atomic E-state index is 2.41. The number of aryl methyl sites for hydroxylation is 2. The van der Waals surface area contributed by atoms with Crippen molar-refractivity contribution in [2.24, 2.45) is 0 Å². The Bertz CT molecular complexity index is 627. The molecule has 0 amide bonds. The fourth-order valence-corrected chi connectivity index (χ4v) is 2.71. The topological polar surface area (TPSA) is 4.93 Å². The van der Waals surface area contributed by atoms with Crippen molar-refractivity contribution in [1.29, 1.82) is 0 Å². The van der Waals surface area contributed by atoms with Crippen LogP contribution in [0.25, 0.3) is 17.0 Å². The molecular weight excluding hydrogens is 206 g/mol. The van der Waals surface area contributed by atoms with Crippen LogP contribution in [0.4, 0.5) is 0 Å². The fraction of sp³-hybridized carbons (Fsp3) is 0.250. The first-order valence-corrected chi connectivity index (χ1v) is 6.26. The second-order valence-electron chi connectivity index (χ2n) is 4.62. The molecule has 1 aliphatic rings. The van der Waals surface area contributed by atoms with Gasteiger partial charge in [-0.1, -0.05) is 29.9 Å². The molecule has 0 aliphatic heterocycles. The number of hydrogen-bond donors (Lipinski definition) is 0. The van der Waals surface area contributed by atoms with Gasteiger partial charge in [0.05, 0.1) is 0 Å². The summed E-state index contributed by atoms with van der Waals surface area (Å²) in [6.07, 6.45) is 9.79. The third-order valence-corrected chi connectivity index (χ3v) is 3.51. The summed E-state index contributed by atoms with van der Waals surface area (Å²) in [6.45, 7) is 5.41. The molecule has 1 aliphatic carbocycles. The van der Waals surface area contributed by atoms with E-state index in [2.05, 4.69) is 60.9 Å². The quantitative estimate of drug-likeness (QED) is 0.686. The number of benzene rings is 1. The van der Waals surface area contributed by atoms with Gasteiger partial charge >= 0.3 is 0 Å². The predicted octanol–water partition coefficient (Wildman–Crippen LogP) is 4.10. The molecule has 1 heteroatoms. The molecule has 1 heterocycles. The lowest BCUT2D eigenvalue weighted by atomic mass is 10.1. The number of hydrogen-bond acceptors (Lipinski definition) is 0. The van der Waals surface area contributed by atoms with E-state index in [4.69, 9.17) is 0 Å². The predicted molar refractivity (Wildman–Crippen MR) is 74.2 cm³/mol. The fourth-order valence-electron chi connectivity index (χ4n) is 2.71. The smallest absolute Gasteiger partial charge is 0.0488 e. The number of nitrogens with zero attached hydrogens (tertiary/aromatic N) is 1. The Morgan fingerprint density at radius 1 is 1.24 bits per heavy atom. The van der Waals surface area contributed by atoms with E-state index in [0.717, 1.165) is 13.0 Å². The molecule has 0 radical (unpaired) electrons. The zero-order valence-electron chi connectivity index (χ0n) is 10.4. The van der Waals surface area contributed by atoms with Crippen LogP contribution in [-0.2, 0) is 13.0 Å². The molecule has 0 N–H and O–H groups in total. The van der Waals surface area contributed by atoms with Crippen LogP contribution in [0.5, 0.6) is 0 Å². The Hall–Kier alpha value is -1.76. The first-order valence-electron chi connectivity index (χ1n) is 6.26. The van der Waals surface area contributed by atoms with E-state index < -0.39 is 0 Å². The van der Waals surface area contributed by atoms with Gasteiger partial charge in [-0.3, -0.25) is 0 Å². The van der Waals surface area contributed by atoms with Crippen LogP contribution < -0.4 is 0 Å². The van der Waals surface area contributed by atoms with Crippen LogP contribution in [0.2, 0.25) is 0 Å². The summed E-state index contributed by atoms with van der Waals surface area (Å²) in [7, 11) is 0. The van der Waals surface area contributed by atoms with Crippen LogP contribution in [0.3, 0.4) is 0 Å². The van der Waals surface area contributed by atoms with E-state index in [0.29, 0.717) is 0 Å². The number of aromatic nitrogens is 1. The summed E-state index contributed by atoms with van der Waals surface area (Å²) >= 11 is 0. The molecule has 0 bridgehead atoms. The lowest BCUT2D eigenvalue weighted by Gasteiger charge is -2.04. The lowest BCUT2D eigenvalue weighted by molar-refractivity contribution is 0.786. The molecule has 1 aromatic carbocycles. The van der Waals surface area contributed by atoms with Crippen molar-refractivity contribution in [3.8, 4) is 0 Å². The highest BCUT2D eigenvalue weighted by Crippen LogP contribution is 2.30. The highest BCUT2D eigenvalue weighted by atomic mass is 15.0. The first kappa shape index (κ1) is 10.4. The Morgan fingerprint density at radius 2 is 2.12 bits per heavy atom. The summed E-state index contributed by atoms with van der Waals surface area (Å²) < 4.78 is 2.41. The van der Waals surface area contributed by atoms with Crippen molar-refractivity contribution >= 4 is 17.0 Å². The van der Waals surface area contributed by atoms with Crippen molar-refractivity contribution in [3.05, 3.63) is 53.2 Å². The van der Waals surface area contributed by atoms with Gasteiger partial charge < -0.3 is 4.57 Å². The zero-order chi connectivity index (χ0) is 11.8. The standard InChI is InChI=1S/C16H17N/c1-3-17-15-8-6-4-5-7-13(15)14-11-12(2)9-10-16(14)17/h4-6,8-11H,3,7H2,1-2H3. The maximum Gasteiger partial charge on any atom is 0.0488 e. The van der Waals surface area contributed by atoms with Crippen molar-refractivity contribution in [1.82, 2.24) is 4.57 Å². The van der Waals surface area contributed by atoms with E-state index in [1.165, 1.54) is 27.7 Å². The van der Waals surface area contributed by atoms with Gasteiger partial charge in [0.15, 0.2) is 0 Å². The van der Waals surface area contributed by atoms with Crippen LogP contribution in [0, 0.1) is 6.92 Å². The van der Waals surface area contributed by atoms with E-state index >= 15 is 0 Å². The van der Waals surface area contributed by atoms with Crippen LogP contribution >= 0.6 is 0 Å². The molecule has 0 fully saturated rings. The lowest BCUT2D eigenvalue weighted by Crippen LogP contribution is -1.97. The number of allylic oxidation sites excluding steroid dienone is 3. The molecule has 0 saturated carbocycles. The molecule has 1 aromatic heterocycles. The first-order chi connectivity index (χ1) is 8.31. The van der Waals surface area contributed by atoms with Crippen molar-refractivity contribution in [2.75, 3.05) is 0 Å². The molecule has 0 atom stereocenters. The third-order valence-electron chi connectivity index (χ3n) is 3.51. The summed E-state index contributed by atoms with van der Waals surface area (Å²) in [5.41, 5.74) is 5.54. The van der Waals surface area contributed by atoms with Crippen LogP contribution in [-0.4, -0.2) is 4.57 Å². The maximum absolute atomic E-state index is 2.41. The second kappa shape index (κ2) is 3.92. The molecule has 0 spiro atoms. The minimum absolute atomic E-state index is 1.03. The summed E-state index contributed by atoms with van der Waals surface area (Å²) in [4.78, 5) is 0. The molecule has 1 nitrogen and oxygen atoms in total. The molecule has 2 aromatic rings. The molecule has 0 saturated heterocycles. The third kappa shape index (κ3) is 1.54. The van der Waals surface area contributed by atoms with Gasteiger partial charge in [-0.2, -0.15) is 0 Å². The Morgan fingerprint density at radius 3 is 2.94 bits per heavy atom. The van der Waals surface area contributed by atoms with E-state index in [-0.39, 0.29) is 0 Å². The molecular formula is C16H17N. The number of rotatable bonds is 1. The van der Waals surface area contributed by atoms with E-state index in [1.54, 1.807) is 0 Å².